The molecule has 0 fully saturated rings. The Balaban J connectivity index is 1.87. The lowest BCUT2D eigenvalue weighted by Crippen LogP contribution is -2.09. The molecule has 0 aromatic heterocycles. The number of benzene rings is 1. The van der Waals surface area contributed by atoms with Crippen LogP contribution in [0.2, 0.25) is 0 Å². The Morgan fingerprint density at radius 3 is 2.71 bits per heavy atom. The Labute approximate surface area is 121 Å². The molecule has 0 aliphatic heterocycles. The number of ketones is 1. The van der Waals surface area contributed by atoms with E-state index in [0.29, 0.717) is 18.6 Å². The lowest BCUT2D eigenvalue weighted by atomic mass is 9.91. The molecule has 114 valence electrons. The van der Waals surface area contributed by atoms with Crippen molar-refractivity contribution in [3.63, 3.8) is 0 Å². The molecule has 1 aromatic carbocycles. The van der Waals surface area contributed by atoms with Crippen LogP contribution in [0.4, 0.5) is 13.2 Å². The minimum atomic E-state index is -4.10. The van der Waals surface area contributed by atoms with Crippen molar-refractivity contribution in [3.05, 3.63) is 35.4 Å². The summed E-state index contributed by atoms with van der Waals surface area (Å²) in [5, 5.41) is 0. The number of hydrogen-bond donors (Lipinski definition) is 0. The molecule has 21 heavy (non-hydrogen) atoms. The van der Waals surface area contributed by atoms with Crippen LogP contribution in [-0.2, 0) is 11.2 Å². The SMILES string of the molecule is CC1=CC(=O)Cc2cc(OCCCCC(F)(F)F)ccc21. The zero-order valence-electron chi connectivity index (χ0n) is 11.8. The Kier molecular flexibility index (Phi) is 4.70. The molecule has 0 unspecified atom stereocenters. The molecule has 0 atom stereocenters. The zero-order chi connectivity index (χ0) is 15.5. The first-order valence-corrected chi connectivity index (χ1v) is 6.89. The van der Waals surface area contributed by atoms with Gasteiger partial charge in [0, 0.05) is 12.8 Å². The van der Waals surface area contributed by atoms with Crippen LogP contribution in [0.1, 0.15) is 37.3 Å². The lowest BCUT2D eigenvalue weighted by molar-refractivity contribution is -0.135. The quantitative estimate of drug-likeness (QED) is 0.756. The summed E-state index contributed by atoms with van der Waals surface area (Å²) in [6.07, 6.45) is -2.49. The molecule has 1 aromatic rings. The van der Waals surface area contributed by atoms with Gasteiger partial charge in [0.05, 0.1) is 6.61 Å². The first kappa shape index (κ1) is 15.6. The third kappa shape index (κ3) is 4.62. The van der Waals surface area contributed by atoms with Crippen LogP contribution < -0.4 is 4.74 Å². The smallest absolute Gasteiger partial charge is 0.389 e. The molecule has 0 N–H and O–H groups in total. The lowest BCUT2D eigenvalue weighted by Gasteiger charge is -2.16. The maximum Gasteiger partial charge on any atom is 0.389 e. The van der Waals surface area contributed by atoms with Crippen LogP contribution in [0.3, 0.4) is 0 Å². The highest BCUT2D eigenvalue weighted by molar-refractivity contribution is 6.01. The summed E-state index contributed by atoms with van der Waals surface area (Å²) in [5.41, 5.74) is 2.87. The molecule has 0 spiro atoms. The highest BCUT2D eigenvalue weighted by Crippen LogP contribution is 2.28. The molecule has 0 radical (unpaired) electrons. The molecule has 0 bridgehead atoms. The number of fused-ring (bicyclic) bond motifs is 1. The van der Waals surface area contributed by atoms with Gasteiger partial charge in [-0.25, -0.2) is 0 Å². The van der Waals surface area contributed by atoms with Crippen LogP contribution in [0, 0.1) is 0 Å². The first-order valence-electron chi connectivity index (χ1n) is 6.89. The van der Waals surface area contributed by atoms with E-state index in [1.54, 1.807) is 18.2 Å². The fourth-order valence-corrected chi connectivity index (χ4v) is 2.37. The summed E-state index contributed by atoms with van der Waals surface area (Å²) in [5.74, 6) is 0.658. The van der Waals surface area contributed by atoms with Gasteiger partial charge in [0.15, 0.2) is 5.78 Å². The molecule has 5 heteroatoms. The van der Waals surface area contributed by atoms with Crippen molar-refractivity contribution in [3.8, 4) is 5.75 Å². The summed E-state index contributed by atoms with van der Waals surface area (Å²) < 4.78 is 41.4. The van der Waals surface area contributed by atoms with Crippen LogP contribution in [0.5, 0.6) is 5.75 Å². The normalized spacial score (nSPS) is 14.7. The van der Waals surface area contributed by atoms with Crippen molar-refractivity contribution in [1.82, 2.24) is 0 Å². The third-order valence-corrected chi connectivity index (χ3v) is 3.37. The van der Waals surface area contributed by atoms with E-state index in [1.165, 1.54) is 0 Å². The van der Waals surface area contributed by atoms with E-state index >= 15 is 0 Å². The molecular formula is C16H17F3O2. The van der Waals surface area contributed by atoms with Gasteiger partial charge >= 0.3 is 6.18 Å². The van der Waals surface area contributed by atoms with Gasteiger partial charge in [-0.1, -0.05) is 6.07 Å². The van der Waals surface area contributed by atoms with Crippen molar-refractivity contribution in [2.45, 2.75) is 38.8 Å². The van der Waals surface area contributed by atoms with Crippen LogP contribution in [0.15, 0.2) is 24.3 Å². The van der Waals surface area contributed by atoms with Gasteiger partial charge in [0.25, 0.3) is 0 Å². The first-order chi connectivity index (χ1) is 9.85. The van der Waals surface area contributed by atoms with Crippen molar-refractivity contribution >= 4 is 11.4 Å². The Morgan fingerprint density at radius 1 is 1.24 bits per heavy atom. The molecule has 1 aliphatic carbocycles. The van der Waals surface area contributed by atoms with Gasteiger partial charge in [-0.15, -0.1) is 0 Å². The predicted molar refractivity (Wildman–Crippen MR) is 74.2 cm³/mol. The molecule has 2 nitrogen and oxygen atoms in total. The second kappa shape index (κ2) is 6.33. The van der Waals surface area contributed by atoms with Gasteiger partial charge in [0.1, 0.15) is 5.75 Å². The highest BCUT2D eigenvalue weighted by Gasteiger charge is 2.25. The maximum atomic E-state index is 12.0. The fourth-order valence-electron chi connectivity index (χ4n) is 2.37. The fraction of sp³-hybridized carbons (Fsp3) is 0.438. The van der Waals surface area contributed by atoms with Gasteiger partial charge in [-0.05, 0) is 54.7 Å². The Morgan fingerprint density at radius 2 is 2.00 bits per heavy atom. The van der Waals surface area contributed by atoms with Gasteiger partial charge < -0.3 is 4.74 Å². The average molecular weight is 298 g/mol. The molecule has 0 heterocycles. The van der Waals surface area contributed by atoms with Gasteiger partial charge in [0.2, 0.25) is 0 Å². The average Bonchev–Trinajstić information content (AvgIpc) is 2.36. The standard InChI is InChI=1S/C16H17F3O2/c1-11-8-13(20)9-12-10-14(4-5-15(11)12)21-7-3-2-6-16(17,18)19/h4-5,8,10H,2-3,6-7,9H2,1H3. The van der Waals surface area contributed by atoms with Gasteiger partial charge in [-0.3, -0.25) is 4.79 Å². The molecular weight excluding hydrogens is 281 g/mol. The number of rotatable bonds is 5. The molecule has 0 saturated carbocycles. The monoisotopic (exact) mass is 298 g/mol. The van der Waals surface area contributed by atoms with Crippen molar-refractivity contribution in [1.29, 1.82) is 0 Å². The summed E-state index contributed by atoms with van der Waals surface area (Å²) in [7, 11) is 0. The van der Waals surface area contributed by atoms with Crippen LogP contribution in [0.25, 0.3) is 5.57 Å². The van der Waals surface area contributed by atoms with Gasteiger partial charge in [-0.2, -0.15) is 13.2 Å². The summed E-state index contributed by atoms with van der Waals surface area (Å²) in [6, 6.07) is 5.47. The van der Waals surface area contributed by atoms with E-state index in [4.69, 9.17) is 4.74 Å². The third-order valence-electron chi connectivity index (χ3n) is 3.37. The number of alkyl halides is 3. The molecule has 0 saturated heterocycles. The van der Waals surface area contributed by atoms with E-state index in [0.717, 1.165) is 16.7 Å². The highest BCUT2D eigenvalue weighted by atomic mass is 19.4. The molecule has 1 aliphatic rings. The van der Waals surface area contributed by atoms with Crippen LogP contribution in [-0.4, -0.2) is 18.6 Å². The van der Waals surface area contributed by atoms with Crippen LogP contribution >= 0.6 is 0 Å². The second-order valence-electron chi connectivity index (χ2n) is 5.21. The molecule has 0 amide bonds. The number of allylic oxidation sites excluding steroid dienone is 2. The van der Waals surface area contributed by atoms with E-state index < -0.39 is 12.6 Å². The number of carbonyl (C=O) groups is 1. The number of unbranched alkanes of at least 4 members (excludes halogenated alkanes) is 1. The van der Waals surface area contributed by atoms with E-state index in [-0.39, 0.29) is 18.8 Å². The van der Waals surface area contributed by atoms with Crippen molar-refractivity contribution in [2.24, 2.45) is 0 Å². The number of carbonyl (C=O) groups excluding carboxylic acids is 1. The Hall–Kier alpha value is -1.78. The van der Waals surface area contributed by atoms with E-state index in [2.05, 4.69) is 0 Å². The Bertz CT molecular complexity index is 559. The molecule has 2 rings (SSSR count). The summed E-state index contributed by atoms with van der Waals surface area (Å²) in [6.45, 7) is 2.13. The number of halogens is 3. The minimum absolute atomic E-state index is 0.0577. The summed E-state index contributed by atoms with van der Waals surface area (Å²) >= 11 is 0. The van der Waals surface area contributed by atoms with E-state index in [9.17, 15) is 18.0 Å². The van der Waals surface area contributed by atoms with Crippen molar-refractivity contribution < 1.29 is 22.7 Å². The predicted octanol–water partition coefficient (Wildman–Crippen LogP) is 4.33. The second-order valence-corrected chi connectivity index (χ2v) is 5.21. The minimum Gasteiger partial charge on any atom is -0.494 e. The number of hydrogen-bond acceptors (Lipinski definition) is 2. The number of ether oxygens (including phenoxy) is 1. The largest absolute Gasteiger partial charge is 0.494 e. The topological polar surface area (TPSA) is 26.3 Å². The van der Waals surface area contributed by atoms with Crippen molar-refractivity contribution in [2.75, 3.05) is 6.61 Å². The summed E-state index contributed by atoms with van der Waals surface area (Å²) in [4.78, 5) is 11.5. The zero-order valence-corrected chi connectivity index (χ0v) is 11.8. The maximum absolute atomic E-state index is 12.0. The van der Waals surface area contributed by atoms with E-state index in [1.807, 2.05) is 13.0 Å².